The zero-order valence-electron chi connectivity index (χ0n) is 30.5. The maximum Gasteiger partial charge on any atom is 0.314 e. The van der Waals surface area contributed by atoms with Crippen molar-refractivity contribution < 1.29 is 38.2 Å². The van der Waals surface area contributed by atoms with Gasteiger partial charge in [-0.25, -0.2) is 0 Å². The van der Waals surface area contributed by atoms with Crippen LogP contribution in [0.1, 0.15) is 66.3 Å². The van der Waals surface area contributed by atoms with Crippen molar-refractivity contribution in [2.24, 2.45) is 35.5 Å². The lowest BCUT2D eigenvalue weighted by Gasteiger charge is -2.27. The number of benzene rings is 3. The molecule has 270 valence electrons. The van der Waals surface area contributed by atoms with E-state index in [0.717, 1.165) is 38.9 Å². The van der Waals surface area contributed by atoms with Crippen LogP contribution in [0.5, 0.6) is 11.5 Å². The van der Waals surface area contributed by atoms with Crippen molar-refractivity contribution in [3.63, 3.8) is 0 Å². The van der Waals surface area contributed by atoms with E-state index < -0.39 is 35.6 Å². The Kier molecular flexibility index (Phi) is 9.13. The zero-order chi connectivity index (χ0) is 37.2. The van der Waals surface area contributed by atoms with Crippen LogP contribution in [-0.4, -0.2) is 47.5 Å². The maximum atomic E-state index is 13.5. The molecule has 10 heteroatoms. The molecule has 2 aliphatic heterocycles. The van der Waals surface area contributed by atoms with Crippen molar-refractivity contribution in [1.29, 1.82) is 0 Å². The molecule has 4 aliphatic rings. The van der Waals surface area contributed by atoms with E-state index in [-0.39, 0.29) is 41.9 Å². The van der Waals surface area contributed by atoms with E-state index in [1.165, 1.54) is 16.8 Å². The monoisotopic (exact) mass is 704 g/mol. The van der Waals surface area contributed by atoms with Crippen molar-refractivity contribution in [2.45, 2.75) is 73.1 Å². The minimum absolute atomic E-state index is 0.158. The number of rotatable bonds is 6. The number of ether oxygens (including phenoxy) is 2. The van der Waals surface area contributed by atoms with E-state index >= 15 is 0 Å². The lowest BCUT2D eigenvalue weighted by molar-refractivity contribution is -0.143. The third-order valence-corrected chi connectivity index (χ3v) is 11.7. The number of fused-ring (bicyclic) bond motifs is 2. The van der Waals surface area contributed by atoms with Gasteiger partial charge in [-0.2, -0.15) is 0 Å². The summed E-state index contributed by atoms with van der Waals surface area (Å²) in [6, 6.07) is 15.2. The summed E-state index contributed by atoms with van der Waals surface area (Å²) in [5.74, 6) is -3.35. The maximum absolute atomic E-state index is 13.5. The molecule has 52 heavy (non-hydrogen) atoms. The van der Waals surface area contributed by atoms with Gasteiger partial charge in [-0.1, -0.05) is 17.7 Å². The van der Waals surface area contributed by atoms with Crippen LogP contribution < -0.4 is 14.4 Å². The van der Waals surface area contributed by atoms with Crippen molar-refractivity contribution in [1.82, 2.24) is 4.90 Å². The van der Waals surface area contributed by atoms with Crippen LogP contribution in [0.4, 0.5) is 5.69 Å². The predicted octanol–water partition coefficient (Wildman–Crippen LogP) is 6.34. The molecule has 3 aromatic carbocycles. The van der Waals surface area contributed by atoms with Crippen LogP contribution in [-0.2, 0) is 28.8 Å². The fourth-order valence-corrected chi connectivity index (χ4v) is 8.82. The summed E-state index contributed by atoms with van der Waals surface area (Å²) in [5, 5.41) is 0. The number of nitrogens with zero attached hydrogens (tertiary/aromatic N) is 2. The second kappa shape index (κ2) is 13.5. The predicted molar refractivity (Wildman–Crippen MR) is 192 cm³/mol. The first-order valence-corrected chi connectivity index (χ1v) is 18.2. The number of imide groups is 2. The molecule has 2 saturated heterocycles. The normalized spacial score (nSPS) is 25.7. The average Bonchev–Trinajstić information content (AvgIpc) is 3.50. The summed E-state index contributed by atoms with van der Waals surface area (Å²) < 4.78 is 11.9. The van der Waals surface area contributed by atoms with E-state index in [1.54, 1.807) is 12.1 Å². The first kappa shape index (κ1) is 35.3. The highest BCUT2D eigenvalue weighted by atomic mass is 16.5. The number of amides is 4. The Balaban J connectivity index is 1.01. The Bertz CT molecular complexity index is 1990. The van der Waals surface area contributed by atoms with Crippen LogP contribution in [0.15, 0.2) is 48.5 Å². The van der Waals surface area contributed by atoms with Crippen molar-refractivity contribution >= 4 is 41.3 Å². The van der Waals surface area contributed by atoms with Crippen molar-refractivity contribution in [3.05, 3.63) is 76.3 Å². The Hall–Kier alpha value is -5.12. The van der Waals surface area contributed by atoms with Gasteiger partial charge in [0.15, 0.2) is 0 Å². The average molecular weight is 705 g/mol. The van der Waals surface area contributed by atoms with Gasteiger partial charge in [0, 0.05) is 7.05 Å². The molecule has 2 aliphatic carbocycles. The highest BCUT2D eigenvalue weighted by Crippen LogP contribution is 2.44. The minimum Gasteiger partial charge on any atom is -0.426 e. The minimum atomic E-state index is -0.544. The molecule has 7 rings (SSSR count). The summed E-state index contributed by atoms with van der Waals surface area (Å²) in [5.41, 5.74) is 6.56. The van der Waals surface area contributed by atoms with Gasteiger partial charge in [-0.3, -0.25) is 38.6 Å². The molecule has 0 aromatic heterocycles. The molecule has 6 atom stereocenters. The topological polar surface area (TPSA) is 127 Å². The Morgan fingerprint density at radius 3 is 1.40 bits per heavy atom. The van der Waals surface area contributed by atoms with Crippen molar-refractivity contribution in [3.8, 4) is 22.6 Å². The largest absolute Gasteiger partial charge is 0.426 e. The van der Waals surface area contributed by atoms with E-state index in [4.69, 9.17) is 9.47 Å². The number of esters is 2. The molecule has 0 N–H and O–H groups in total. The molecule has 3 aromatic rings. The van der Waals surface area contributed by atoms with Gasteiger partial charge in [0.1, 0.15) is 11.5 Å². The lowest BCUT2D eigenvalue weighted by atomic mass is 9.75. The number of hydrogen-bond acceptors (Lipinski definition) is 8. The summed E-state index contributed by atoms with van der Waals surface area (Å²) in [6.07, 6.45) is 2.53. The molecule has 0 radical (unpaired) electrons. The summed E-state index contributed by atoms with van der Waals surface area (Å²) in [7, 11) is 1.50. The number of aryl methyl sites for hydroxylation is 5. The summed E-state index contributed by atoms with van der Waals surface area (Å²) >= 11 is 0. The molecule has 2 saturated carbocycles. The lowest BCUT2D eigenvalue weighted by Crippen LogP contribution is -2.33. The molecule has 0 spiro atoms. The van der Waals surface area contributed by atoms with Crippen molar-refractivity contribution in [2.75, 3.05) is 11.9 Å². The quantitative estimate of drug-likeness (QED) is 0.165. The number of carbonyl (C=O) groups is 6. The zero-order valence-corrected chi connectivity index (χ0v) is 30.5. The summed E-state index contributed by atoms with van der Waals surface area (Å²) in [6.45, 7) is 9.50. The van der Waals surface area contributed by atoms with Crippen LogP contribution in [0.25, 0.3) is 11.1 Å². The molecular formula is C42H44N2O8. The van der Waals surface area contributed by atoms with Gasteiger partial charge < -0.3 is 9.47 Å². The molecule has 2 heterocycles. The van der Waals surface area contributed by atoms with Crippen LogP contribution >= 0.6 is 0 Å². The third kappa shape index (κ3) is 6.11. The second-order valence-electron chi connectivity index (χ2n) is 15.2. The third-order valence-electron chi connectivity index (χ3n) is 11.7. The Labute approximate surface area is 303 Å². The van der Waals surface area contributed by atoms with Crippen LogP contribution in [0.3, 0.4) is 0 Å². The van der Waals surface area contributed by atoms with Gasteiger partial charge in [0.2, 0.25) is 23.6 Å². The van der Waals surface area contributed by atoms with E-state index in [2.05, 4.69) is 0 Å². The molecule has 0 bridgehead atoms. The van der Waals surface area contributed by atoms with Gasteiger partial charge in [-0.05, 0) is 143 Å². The van der Waals surface area contributed by atoms with Crippen LogP contribution in [0.2, 0.25) is 0 Å². The van der Waals surface area contributed by atoms with Gasteiger partial charge in [0.25, 0.3) is 0 Å². The Morgan fingerprint density at radius 2 is 0.942 bits per heavy atom. The highest BCUT2D eigenvalue weighted by molar-refractivity contribution is 6.22. The molecule has 10 nitrogen and oxygen atoms in total. The van der Waals surface area contributed by atoms with E-state index in [0.29, 0.717) is 49.3 Å². The van der Waals surface area contributed by atoms with Gasteiger partial charge in [0.05, 0.1) is 41.2 Å². The first-order chi connectivity index (χ1) is 24.7. The second-order valence-corrected chi connectivity index (χ2v) is 15.2. The number of likely N-dealkylation sites (tertiary alicyclic amines) is 1. The van der Waals surface area contributed by atoms with Gasteiger partial charge in [-0.15, -0.1) is 0 Å². The smallest absolute Gasteiger partial charge is 0.314 e. The molecular weight excluding hydrogens is 660 g/mol. The summed E-state index contributed by atoms with van der Waals surface area (Å²) in [4.78, 5) is 80.8. The van der Waals surface area contributed by atoms with E-state index in [1.807, 2.05) is 71.0 Å². The fraction of sp³-hybridized carbons (Fsp3) is 0.429. The number of hydrogen-bond donors (Lipinski definition) is 0. The van der Waals surface area contributed by atoms with E-state index in [9.17, 15) is 28.8 Å². The SMILES string of the molecule is Cc1ccc(N2C(=O)C3CCC(C(=O)Oc4c(C)cc(-c5cc(C)c(OC(=O)C6CCC7C(=O)N(C)C(=O)C7C6)c(C)c5)cc4C)CC3C2=O)cc1. The van der Waals surface area contributed by atoms with Gasteiger partial charge >= 0.3 is 11.9 Å². The first-order valence-electron chi connectivity index (χ1n) is 18.2. The number of anilines is 1. The fourth-order valence-electron chi connectivity index (χ4n) is 8.82. The standard InChI is InChI=1S/C42H44N2O8/c1-21-7-11-30(12-8-21)44-39(47)32-14-10-27(20-34(32)40(44)48)42(50)52-36-24(4)17-29(18-25(36)5)28-15-22(2)35(23(3)16-28)51-41(49)26-9-13-31-33(19-26)38(46)43(6)37(31)45/h7-8,11-12,15-18,26-27,31-34H,9-10,13-14,19-20H2,1-6H3. The molecule has 4 amide bonds. The highest BCUT2D eigenvalue weighted by Gasteiger charge is 2.52. The van der Waals surface area contributed by atoms with Crippen LogP contribution in [0, 0.1) is 70.1 Å². The molecule has 6 unspecified atom stereocenters. The Morgan fingerprint density at radius 1 is 0.558 bits per heavy atom. The number of carbonyl (C=O) groups excluding carboxylic acids is 6. The molecule has 4 fully saturated rings.